The van der Waals surface area contributed by atoms with Gasteiger partial charge in [0.2, 0.25) is 0 Å². The fourth-order valence-corrected chi connectivity index (χ4v) is 3.15. The summed E-state index contributed by atoms with van der Waals surface area (Å²) in [5, 5.41) is 12.7. The molecule has 0 aromatic heterocycles. The Bertz CT molecular complexity index is 1150. The molecular weight excluding hydrogens is 412 g/mol. The first-order chi connectivity index (χ1) is 15.0. The minimum absolute atomic E-state index is 0.169. The van der Waals surface area contributed by atoms with E-state index >= 15 is 0 Å². The highest BCUT2D eigenvalue weighted by molar-refractivity contribution is 6.32. The lowest BCUT2D eigenvalue weighted by Gasteiger charge is -2.10. The molecule has 0 aliphatic rings. The smallest absolute Gasteiger partial charge is 0.262 e. The van der Waals surface area contributed by atoms with Gasteiger partial charge in [0.15, 0.2) is 6.61 Å². The number of methoxy groups -OCH3 is 1. The van der Waals surface area contributed by atoms with Gasteiger partial charge in [-0.1, -0.05) is 29.8 Å². The quantitative estimate of drug-likeness (QED) is 0.381. The van der Waals surface area contributed by atoms with Crippen molar-refractivity contribution in [1.82, 2.24) is 0 Å². The van der Waals surface area contributed by atoms with Gasteiger partial charge in [-0.3, -0.25) is 4.79 Å². The number of allylic oxidation sites excluding steroid dienone is 1. The fraction of sp³-hybridized carbons (Fsp3) is 0.120. The Labute approximate surface area is 186 Å². The Hall–Kier alpha value is -3.75. The van der Waals surface area contributed by atoms with Crippen molar-refractivity contribution in [2.24, 2.45) is 0 Å². The lowest BCUT2D eigenvalue weighted by molar-refractivity contribution is -0.118. The van der Waals surface area contributed by atoms with E-state index in [-0.39, 0.29) is 12.5 Å². The molecule has 0 saturated carbocycles. The molecule has 0 fully saturated rings. The lowest BCUT2D eigenvalue weighted by atomic mass is 10.0. The van der Waals surface area contributed by atoms with Crippen molar-refractivity contribution in [2.75, 3.05) is 19.0 Å². The number of hydrogen-bond acceptors (Lipinski definition) is 4. The summed E-state index contributed by atoms with van der Waals surface area (Å²) in [6.07, 6.45) is 1.74. The summed E-state index contributed by atoms with van der Waals surface area (Å²) in [6, 6.07) is 22.1. The summed E-state index contributed by atoms with van der Waals surface area (Å²) in [5.74, 6) is 0.829. The standard InChI is InChI=1S/C25H21ClN2O3/c1-17-4-3-5-21(12-17)28-25(29)16-31-24-11-6-18(14-23(24)26)13-20(15-27)19-7-9-22(30-2)10-8-19/h3-14H,16H2,1-2H3,(H,28,29)/b20-13+. The van der Waals surface area contributed by atoms with E-state index in [0.29, 0.717) is 22.0 Å². The molecule has 0 radical (unpaired) electrons. The van der Waals surface area contributed by atoms with Crippen molar-refractivity contribution in [3.8, 4) is 17.6 Å². The predicted octanol–water partition coefficient (Wildman–Crippen LogP) is 5.74. The van der Waals surface area contributed by atoms with Gasteiger partial charge in [-0.05, 0) is 78.2 Å². The molecule has 0 spiro atoms. The zero-order chi connectivity index (χ0) is 22.2. The van der Waals surface area contributed by atoms with Crippen molar-refractivity contribution >= 4 is 34.8 Å². The molecule has 3 rings (SSSR count). The van der Waals surface area contributed by atoms with Crippen LogP contribution in [-0.2, 0) is 4.79 Å². The number of anilines is 1. The molecule has 31 heavy (non-hydrogen) atoms. The minimum atomic E-state index is -0.281. The molecule has 3 aromatic rings. The van der Waals surface area contributed by atoms with Crippen molar-refractivity contribution in [3.05, 3.63) is 88.4 Å². The molecule has 0 aliphatic heterocycles. The Balaban J connectivity index is 1.66. The number of nitrogens with zero attached hydrogens (tertiary/aromatic N) is 1. The molecule has 0 unspecified atom stereocenters. The Morgan fingerprint density at radius 3 is 2.55 bits per heavy atom. The van der Waals surface area contributed by atoms with Crippen LogP contribution in [0.15, 0.2) is 66.7 Å². The van der Waals surface area contributed by atoms with E-state index in [0.717, 1.165) is 22.4 Å². The molecule has 0 heterocycles. The number of nitriles is 1. The first kappa shape index (κ1) is 21.9. The highest BCUT2D eigenvalue weighted by Gasteiger charge is 2.08. The predicted molar refractivity (Wildman–Crippen MR) is 123 cm³/mol. The minimum Gasteiger partial charge on any atom is -0.497 e. The molecule has 156 valence electrons. The number of halogens is 1. The van der Waals surface area contributed by atoms with Crippen LogP contribution >= 0.6 is 11.6 Å². The average Bonchev–Trinajstić information content (AvgIpc) is 2.77. The van der Waals surface area contributed by atoms with E-state index in [9.17, 15) is 10.1 Å². The van der Waals surface area contributed by atoms with Gasteiger partial charge in [0, 0.05) is 5.69 Å². The molecule has 0 aliphatic carbocycles. The molecule has 3 aromatic carbocycles. The average molecular weight is 433 g/mol. The van der Waals surface area contributed by atoms with Gasteiger partial charge in [-0.15, -0.1) is 0 Å². The van der Waals surface area contributed by atoms with Crippen LogP contribution in [0.3, 0.4) is 0 Å². The number of rotatable bonds is 7. The van der Waals surface area contributed by atoms with E-state index in [1.165, 1.54) is 0 Å². The molecule has 5 nitrogen and oxygen atoms in total. The van der Waals surface area contributed by atoms with Gasteiger partial charge in [-0.25, -0.2) is 0 Å². The number of ether oxygens (including phenoxy) is 2. The highest BCUT2D eigenvalue weighted by Crippen LogP contribution is 2.28. The first-order valence-electron chi connectivity index (χ1n) is 9.53. The number of amides is 1. The molecule has 1 N–H and O–H groups in total. The van der Waals surface area contributed by atoms with E-state index < -0.39 is 0 Å². The van der Waals surface area contributed by atoms with Crippen molar-refractivity contribution in [2.45, 2.75) is 6.92 Å². The third kappa shape index (κ3) is 6.11. The largest absolute Gasteiger partial charge is 0.497 e. The third-order valence-corrected chi connectivity index (χ3v) is 4.74. The maximum absolute atomic E-state index is 12.1. The highest BCUT2D eigenvalue weighted by atomic mass is 35.5. The van der Waals surface area contributed by atoms with Gasteiger partial charge in [0.25, 0.3) is 5.91 Å². The Morgan fingerprint density at radius 2 is 1.90 bits per heavy atom. The Morgan fingerprint density at radius 1 is 1.13 bits per heavy atom. The first-order valence-corrected chi connectivity index (χ1v) is 9.91. The molecular formula is C25H21ClN2O3. The van der Waals surface area contributed by atoms with E-state index in [2.05, 4.69) is 11.4 Å². The summed E-state index contributed by atoms with van der Waals surface area (Å²) < 4.78 is 10.7. The number of carbonyl (C=O) groups excluding carboxylic acids is 1. The summed E-state index contributed by atoms with van der Waals surface area (Å²) in [4.78, 5) is 12.1. The van der Waals surface area contributed by atoms with E-state index in [1.54, 1.807) is 43.5 Å². The van der Waals surface area contributed by atoms with E-state index in [4.69, 9.17) is 21.1 Å². The van der Waals surface area contributed by atoms with Crippen molar-refractivity contribution < 1.29 is 14.3 Å². The van der Waals surface area contributed by atoms with Crippen LogP contribution in [0, 0.1) is 18.3 Å². The van der Waals surface area contributed by atoms with Crippen LogP contribution < -0.4 is 14.8 Å². The van der Waals surface area contributed by atoms with Gasteiger partial charge < -0.3 is 14.8 Å². The molecule has 0 atom stereocenters. The second-order valence-corrected chi connectivity index (χ2v) is 7.20. The second kappa shape index (κ2) is 10.3. The number of benzene rings is 3. The monoisotopic (exact) mass is 432 g/mol. The summed E-state index contributed by atoms with van der Waals surface area (Å²) in [6.45, 7) is 1.78. The number of aryl methyl sites for hydroxylation is 1. The zero-order valence-corrected chi connectivity index (χ0v) is 17.9. The van der Waals surface area contributed by atoms with Gasteiger partial charge in [-0.2, -0.15) is 5.26 Å². The van der Waals surface area contributed by atoms with Crippen molar-refractivity contribution in [3.63, 3.8) is 0 Å². The number of carbonyl (C=O) groups is 1. The topological polar surface area (TPSA) is 71.3 Å². The number of nitrogens with one attached hydrogen (secondary N) is 1. The van der Waals surface area contributed by atoms with Crippen LogP contribution in [-0.4, -0.2) is 19.6 Å². The summed E-state index contributed by atoms with van der Waals surface area (Å²) in [7, 11) is 1.59. The van der Waals surface area contributed by atoms with Gasteiger partial charge in [0.1, 0.15) is 11.5 Å². The maximum Gasteiger partial charge on any atom is 0.262 e. The zero-order valence-electron chi connectivity index (χ0n) is 17.2. The third-order valence-electron chi connectivity index (χ3n) is 4.45. The summed E-state index contributed by atoms with van der Waals surface area (Å²) in [5.41, 5.74) is 3.77. The van der Waals surface area contributed by atoms with E-state index in [1.807, 2.05) is 43.3 Å². The van der Waals surface area contributed by atoms with Crippen LogP contribution in [0.1, 0.15) is 16.7 Å². The lowest BCUT2D eigenvalue weighted by Crippen LogP contribution is -2.20. The molecule has 1 amide bonds. The van der Waals surface area contributed by atoms with Crippen LogP contribution in [0.4, 0.5) is 5.69 Å². The van der Waals surface area contributed by atoms with Crippen LogP contribution in [0.2, 0.25) is 5.02 Å². The number of hydrogen-bond donors (Lipinski definition) is 1. The fourth-order valence-electron chi connectivity index (χ4n) is 2.90. The van der Waals surface area contributed by atoms with Crippen molar-refractivity contribution in [1.29, 1.82) is 5.26 Å². The SMILES string of the molecule is COc1ccc(/C(C#N)=C/c2ccc(OCC(=O)Nc3cccc(C)c3)c(Cl)c2)cc1. The van der Waals surface area contributed by atoms with Crippen LogP contribution in [0.25, 0.3) is 11.6 Å². The second-order valence-electron chi connectivity index (χ2n) is 6.79. The normalized spacial score (nSPS) is 10.8. The summed E-state index contributed by atoms with van der Waals surface area (Å²) >= 11 is 6.32. The molecule has 6 heteroatoms. The Kier molecular flexibility index (Phi) is 7.31. The molecule has 0 saturated heterocycles. The van der Waals surface area contributed by atoms with Gasteiger partial charge >= 0.3 is 0 Å². The maximum atomic E-state index is 12.1. The molecule has 0 bridgehead atoms. The van der Waals surface area contributed by atoms with Crippen LogP contribution in [0.5, 0.6) is 11.5 Å². The van der Waals surface area contributed by atoms with Gasteiger partial charge in [0.05, 0.1) is 23.8 Å².